The molecular formula is C16H25N5. The lowest BCUT2D eigenvalue weighted by molar-refractivity contribution is 0.228. The third kappa shape index (κ3) is 4.11. The fourth-order valence-corrected chi connectivity index (χ4v) is 2.33. The highest BCUT2D eigenvalue weighted by Gasteiger charge is 2.26. The lowest BCUT2D eigenvalue weighted by Crippen LogP contribution is -2.34. The summed E-state index contributed by atoms with van der Waals surface area (Å²) in [7, 11) is 0. The van der Waals surface area contributed by atoms with E-state index in [1.807, 2.05) is 35.0 Å². The van der Waals surface area contributed by atoms with Crippen LogP contribution in [0, 0.1) is 11.3 Å². The van der Waals surface area contributed by atoms with Crippen molar-refractivity contribution in [3.63, 3.8) is 0 Å². The topological polar surface area (TPSA) is 55.6 Å². The van der Waals surface area contributed by atoms with Gasteiger partial charge in [0.1, 0.15) is 0 Å². The summed E-state index contributed by atoms with van der Waals surface area (Å²) in [5, 5.41) is 15.7. The highest BCUT2D eigenvalue weighted by Crippen LogP contribution is 2.28. The molecule has 21 heavy (non-hydrogen) atoms. The third-order valence-corrected chi connectivity index (χ3v) is 3.83. The van der Waals surface area contributed by atoms with Crippen molar-refractivity contribution in [3.05, 3.63) is 36.2 Å². The van der Waals surface area contributed by atoms with Crippen LogP contribution < -0.4 is 5.32 Å². The van der Waals surface area contributed by atoms with Crippen molar-refractivity contribution in [2.24, 2.45) is 11.3 Å². The van der Waals surface area contributed by atoms with Crippen LogP contribution in [-0.4, -0.2) is 33.3 Å². The fraction of sp³-hybridized carbons (Fsp3) is 0.562. The molecule has 1 N–H and O–H groups in total. The van der Waals surface area contributed by atoms with Crippen LogP contribution in [0.5, 0.6) is 0 Å². The predicted molar refractivity (Wildman–Crippen MR) is 84.3 cm³/mol. The molecule has 0 saturated heterocycles. The zero-order valence-electron chi connectivity index (χ0n) is 13.4. The van der Waals surface area contributed by atoms with E-state index < -0.39 is 0 Å². The average molecular weight is 287 g/mol. The van der Waals surface area contributed by atoms with Gasteiger partial charge in [0.25, 0.3) is 0 Å². The Morgan fingerprint density at radius 2 is 1.90 bits per heavy atom. The van der Waals surface area contributed by atoms with Gasteiger partial charge in [0.15, 0.2) is 5.82 Å². The van der Waals surface area contributed by atoms with Crippen molar-refractivity contribution >= 4 is 0 Å². The maximum absolute atomic E-state index is 4.23. The summed E-state index contributed by atoms with van der Waals surface area (Å²) in [4.78, 5) is 0. The number of rotatable bonds is 6. The van der Waals surface area contributed by atoms with Gasteiger partial charge in [-0.2, -0.15) is 4.68 Å². The van der Waals surface area contributed by atoms with Crippen molar-refractivity contribution in [2.45, 2.75) is 34.1 Å². The lowest BCUT2D eigenvalue weighted by atomic mass is 9.78. The highest BCUT2D eigenvalue weighted by molar-refractivity contribution is 5.30. The average Bonchev–Trinajstić information content (AvgIpc) is 2.91. The Balaban J connectivity index is 2.20. The molecule has 1 unspecified atom stereocenters. The maximum atomic E-state index is 4.23. The van der Waals surface area contributed by atoms with Crippen LogP contribution in [0.4, 0.5) is 0 Å². The van der Waals surface area contributed by atoms with Crippen molar-refractivity contribution in [1.82, 2.24) is 25.5 Å². The zero-order chi connectivity index (χ0) is 15.3. The fourth-order valence-electron chi connectivity index (χ4n) is 2.33. The van der Waals surface area contributed by atoms with Gasteiger partial charge in [0.05, 0.1) is 5.69 Å². The molecule has 0 aliphatic carbocycles. The van der Waals surface area contributed by atoms with E-state index in [9.17, 15) is 0 Å². The summed E-state index contributed by atoms with van der Waals surface area (Å²) in [6.45, 7) is 10.9. The Hall–Kier alpha value is -1.75. The Labute approximate surface area is 126 Å². The van der Waals surface area contributed by atoms with E-state index in [-0.39, 0.29) is 5.41 Å². The summed E-state index contributed by atoms with van der Waals surface area (Å²) in [5.74, 6) is 1.39. The Morgan fingerprint density at radius 3 is 2.52 bits per heavy atom. The molecule has 0 radical (unpaired) electrons. The minimum absolute atomic E-state index is 0.204. The summed E-state index contributed by atoms with van der Waals surface area (Å²) in [5.41, 5.74) is 1.21. The lowest BCUT2D eigenvalue weighted by Gasteiger charge is -2.30. The number of hydrogen-bond acceptors (Lipinski definition) is 4. The molecule has 1 aromatic heterocycles. The smallest absolute Gasteiger partial charge is 0.157 e. The number of nitrogens with zero attached hydrogens (tertiary/aromatic N) is 4. The summed E-state index contributed by atoms with van der Waals surface area (Å²) < 4.78 is 1.84. The van der Waals surface area contributed by atoms with Crippen molar-refractivity contribution < 1.29 is 0 Å². The molecule has 1 aromatic carbocycles. The van der Waals surface area contributed by atoms with Crippen LogP contribution in [-0.2, 0) is 6.42 Å². The quantitative estimate of drug-likeness (QED) is 0.887. The van der Waals surface area contributed by atoms with Gasteiger partial charge in [-0.3, -0.25) is 0 Å². The second-order valence-electron chi connectivity index (χ2n) is 6.42. The summed E-state index contributed by atoms with van der Waals surface area (Å²) in [6, 6.07) is 10.0. The first-order chi connectivity index (χ1) is 10.0. The molecule has 0 aliphatic rings. The molecule has 5 heteroatoms. The first-order valence-corrected chi connectivity index (χ1v) is 7.55. The molecule has 1 atom stereocenters. The van der Waals surface area contributed by atoms with Crippen LogP contribution in [0.3, 0.4) is 0 Å². The van der Waals surface area contributed by atoms with Gasteiger partial charge in [0.2, 0.25) is 0 Å². The molecule has 0 saturated carbocycles. The van der Waals surface area contributed by atoms with Gasteiger partial charge >= 0.3 is 0 Å². The molecule has 0 bridgehead atoms. The van der Waals surface area contributed by atoms with E-state index in [0.29, 0.717) is 5.92 Å². The largest absolute Gasteiger partial charge is 0.317 e. The number of hydrogen-bond donors (Lipinski definition) is 1. The monoisotopic (exact) mass is 287 g/mol. The van der Waals surface area contributed by atoms with Gasteiger partial charge in [-0.1, -0.05) is 45.9 Å². The molecule has 114 valence electrons. The number of tetrazole rings is 1. The van der Waals surface area contributed by atoms with E-state index in [0.717, 1.165) is 31.0 Å². The molecule has 2 rings (SSSR count). The Bertz CT molecular complexity index is 541. The SMILES string of the molecule is CCNCC(Cc1nnnn1-c1ccccc1)C(C)(C)C. The number of para-hydroxylation sites is 1. The van der Waals surface area contributed by atoms with E-state index in [4.69, 9.17) is 0 Å². The second-order valence-corrected chi connectivity index (χ2v) is 6.42. The van der Waals surface area contributed by atoms with E-state index >= 15 is 0 Å². The molecule has 2 aromatic rings. The maximum Gasteiger partial charge on any atom is 0.157 e. The Kier molecular flexibility index (Phi) is 5.07. The van der Waals surface area contributed by atoms with E-state index in [1.54, 1.807) is 0 Å². The number of benzene rings is 1. The molecule has 0 amide bonds. The molecule has 0 fully saturated rings. The minimum atomic E-state index is 0.204. The van der Waals surface area contributed by atoms with Crippen LogP contribution in [0.15, 0.2) is 30.3 Å². The van der Waals surface area contributed by atoms with Crippen LogP contribution in [0.1, 0.15) is 33.5 Å². The van der Waals surface area contributed by atoms with Crippen LogP contribution in [0.2, 0.25) is 0 Å². The van der Waals surface area contributed by atoms with Gasteiger partial charge in [-0.15, -0.1) is 5.10 Å². The van der Waals surface area contributed by atoms with Crippen molar-refractivity contribution in [2.75, 3.05) is 13.1 Å². The highest BCUT2D eigenvalue weighted by atomic mass is 15.5. The van der Waals surface area contributed by atoms with Gasteiger partial charge < -0.3 is 5.32 Å². The number of aromatic nitrogens is 4. The van der Waals surface area contributed by atoms with Crippen LogP contribution in [0.25, 0.3) is 5.69 Å². The third-order valence-electron chi connectivity index (χ3n) is 3.83. The van der Waals surface area contributed by atoms with Gasteiger partial charge in [0, 0.05) is 6.42 Å². The van der Waals surface area contributed by atoms with Crippen molar-refractivity contribution in [1.29, 1.82) is 0 Å². The normalized spacial score (nSPS) is 13.3. The van der Waals surface area contributed by atoms with Crippen LogP contribution >= 0.6 is 0 Å². The van der Waals surface area contributed by atoms with E-state index in [2.05, 4.69) is 48.5 Å². The summed E-state index contributed by atoms with van der Waals surface area (Å²) >= 11 is 0. The van der Waals surface area contributed by atoms with Gasteiger partial charge in [-0.05, 0) is 47.0 Å². The predicted octanol–water partition coefficient (Wildman–Crippen LogP) is 2.48. The number of nitrogens with one attached hydrogen (secondary N) is 1. The Morgan fingerprint density at radius 1 is 1.19 bits per heavy atom. The van der Waals surface area contributed by atoms with Crippen molar-refractivity contribution in [3.8, 4) is 5.69 Å². The zero-order valence-corrected chi connectivity index (χ0v) is 13.4. The molecule has 0 spiro atoms. The molecule has 0 aliphatic heterocycles. The molecule has 5 nitrogen and oxygen atoms in total. The first-order valence-electron chi connectivity index (χ1n) is 7.55. The standard InChI is InChI=1S/C16H25N5/c1-5-17-12-13(16(2,3)4)11-15-18-19-20-21(15)14-9-7-6-8-10-14/h6-10,13,17H,5,11-12H2,1-4H3. The minimum Gasteiger partial charge on any atom is -0.317 e. The van der Waals surface area contributed by atoms with E-state index in [1.165, 1.54) is 0 Å². The summed E-state index contributed by atoms with van der Waals surface area (Å²) in [6.07, 6.45) is 0.860. The molecular weight excluding hydrogens is 262 g/mol. The van der Waals surface area contributed by atoms with Gasteiger partial charge in [-0.25, -0.2) is 0 Å². The first kappa shape index (κ1) is 15.6. The molecule has 1 heterocycles. The second kappa shape index (κ2) is 6.80.